The molecule has 9 heteroatoms. The molecular formula is C12H13F3N2O2S2. The number of nitrogens with two attached hydrogens (primary N) is 1. The van der Waals surface area contributed by atoms with E-state index in [1.54, 1.807) is 0 Å². The summed E-state index contributed by atoms with van der Waals surface area (Å²) in [5.41, 5.74) is 4.58. The standard InChI is InChI=1S/C12H13F3N2O2S2/c13-12(14,15)8-3-4-10(9(7-8)11(16)20)17-5-1-2-6-21(17,18)19/h3-4,7H,1-2,5-6H2,(H2,16,20). The molecule has 0 radical (unpaired) electrons. The van der Waals surface area contributed by atoms with Crippen LogP contribution in [0.4, 0.5) is 18.9 Å². The summed E-state index contributed by atoms with van der Waals surface area (Å²) < 4.78 is 63.4. The minimum absolute atomic E-state index is 0.0369. The topological polar surface area (TPSA) is 63.4 Å². The van der Waals surface area contributed by atoms with E-state index in [2.05, 4.69) is 0 Å². The van der Waals surface area contributed by atoms with Crippen LogP contribution in [0.1, 0.15) is 24.0 Å². The highest BCUT2D eigenvalue weighted by Crippen LogP contribution is 2.34. The Morgan fingerprint density at radius 1 is 1.29 bits per heavy atom. The number of sulfonamides is 1. The Morgan fingerprint density at radius 2 is 1.95 bits per heavy atom. The lowest BCUT2D eigenvalue weighted by atomic mass is 10.1. The average molecular weight is 338 g/mol. The number of alkyl halides is 3. The van der Waals surface area contributed by atoms with E-state index in [9.17, 15) is 21.6 Å². The molecule has 0 spiro atoms. The summed E-state index contributed by atoms with van der Waals surface area (Å²) in [6, 6.07) is 2.74. The number of benzene rings is 1. The Balaban J connectivity index is 2.56. The van der Waals surface area contributed by atoms with Crippen molar-refractivity contribution in [1.29, 1.82) is 0 Å². The van der Waals surface area contributed by atoms with E-state index in [1.165, 1.54) is 0 Å². The zero-order chi connectivity index (χ0) is 15.8. The summed E-state index contributed by atoms with van der Waals surface area (Å²) >= 11 is 4.77. The van der Waals surface area contributed by atoms with Gasteiger partial charge < -0.3 is 5.73 Å². The number of rotatable bonds is 2. The van der Waals surface area contributed by atoms with Gasteiger partial charge in [0.15, 0.2) is 0 Å². The number of hydrogen-bond acceptors (Lipinski definition) is 3. The van der Waals surface area contributed by atoms with Gasteiger partial charge in [-0.15, -0.1) is 0 Å². The first-order valence-corrected chi connectivity index (χ1v) is 8.16. The average Bonchev–Trinajstić information content (AvgIpc) is 2.36. The molecule has 0 saturated carbocycles. The van der Waals surface area contributed by atoms with Crippen molar-refractivity contribution >= 4 is 32.9 Å². The third kappa shape index (κ3) is 3.29. The maximum atomic E-state index is 12.7. The van der Waals surface area contributed by atoms with Crippen molar-refractivity contribution in [2.24, 2.45) is 5.73 Å². The Bertz CT molecular complexity index is 672. The molecule has 1 saturated heterocycles. The van der Waals surface area contributed by atoms with Gasteiger partial charge in [0.2, 0.25) is 10.0 Å². The summed E-state index contributed by atoms with van der Waals surface area (Å²) in [5.74, 6) is -0.0369. The maximum absolute atomic E-state index is 12.7. The summed E-state index contributed by atoms with van der Waals surface area (Å²) in [5, 5.41) is 0. The molecule has 1 heterocycles. The lowest BCUT2D eigenvalue weighted by Gasteiger charge is -2.30. The van der Waals surface area contributed by atoms with Crippen molar-refractivity contribution < 1.29 is 21.6 Å². The van der Waals surface area contributed by atoms with Gasteiger partial charge in [-0.2, -0.15) is 13.2 Å². The monoisotopic (exact) mass is 338 g/mol. The predicted octanol–water partition coefficient (Wildman–Crippen LogP) is 2.27. The highest BCUT2D eigenvalue weighted by molar-refractivity contribution is 7.92. The van der Waals surface area contributed by atoms with Gasteiger partial charge in [-0.3, -0.25) is 4.31 Å². The molecule has 0 atom stereocenters. The van der Waals surface area contributed by atoms with Gasteiger partial charge in [0, 0.05) is 12.1 Å². The van der Waals surface area contributed by atoms with Gasteiger partial charge in [-0.25, -0.2) is 8.42 Å². The van der Waals surface area contributed by atoms with Crippen LogP contribution >= 0.6 is 12.2 Å². The molecule has 0 aromatic heterocycles. The zero-order valence-corrected chi connectivity index (χ0v) is 12.5. The second kappa shape index (κ2) is 5.45. The molecule has 2 N–H and O–H groups in total. The largest absolute Gasteiger partial charge is 0.416 e. The molecule has 1 fully saturated rings. The van der Waals surface area contributed by atoms with Crippen molar-refractivity contribution in [3.63, 3.8) is 0 Å². The van der Waals surface area contributed by atoms with Crippen molar-refractivity contribution in [3.05, 3.63) is 29.3 Å². The summed E-state index contributed by atoms with van der Waals surface area (Å²) in [6.07, 6.45) is -3.38. The SMILES string of the molecule is NC(=S)c1cc(C(F)(F)F)ccc1N1CCCCS1(=O)=O. The summed E-state index contributed by atoms with van der Waals surface area (Å²) in [4.78, 5) is -0.267. The summed E-state index contributed by atoms with van der Waals surface area (Å²) in [6.45, 7) is 0.212. The number of halogens is 3. The highest BCUT2D eigenvalue weighted by Gasteiger charge is 2.33. The van der Waals surface area contributed by atoms with Crippen LogP contribution in [0.5, 0.6) is 0 Å². The Hall–Kier alpha value is -1.35. The maximum Gasteiger partial charge on any atom is 0.416 e. The van der Waals surface area contributed by atoms with Crippen LogP contribution in [0.15, 0.2) is 18.2 Å². The van der Waals surface area contributed by atoms with E-state index >= 15 is 0 Å². The highest BCUT2D eigenvalue weighted by atomic mass is 32.2. The first kappa shape index (κ1) is 16.0. The number of nitrogens with zero attached hydrogens (tertiary/aromatic N) is 1. The van der Waals surface area contributed by atoms with E-state index in [-0.39, 0.29) is 28.5 Å². The van der Waals surface area contributed by atoms with Gasteiger partial charge in [0.1, 0.15) is 4.99 Å². The molecule has 1 aliphatic heterocycles. The summed E-state index contributed by atoms with van der Waals surface area (Å²) in [7, 11) is -3.54. The van der Waals surface area contributed by atoms with E-state index in [4.69, 9.17) is 18.0 Å². The van der Waals surface area contributed by atoms with E-state index in [1.807, 2.05) is 0 Å². The molecule has 0 bridgehead atoms. The van der Waals surface area contributed by atoms with Crippen LogP contribution in [-0.4, -0.2) is 25.7 Å². The molecule has 1 aromatic rings. The van der Waals surface area contributed by atoms with E-state index in [0.29, 0.717) is 12.8 Å². The lowest BCUT2D eigenvalue weighted by molar-refractivity contribution is -0.137. The van der Waals surface area contributed by atoms with Crippen LogP contribution in [0, 0.1) is 0 Å². The van der Waals surface area contributed by atoms with Crippen molar-refractivity contribution in [3.8, 4) is 0 Å². The zero-order valence-electron chi connectivity index (χ0n) is 10.9. The second-order valence-electron chi connectivity index (χ2n) is 4.69. The fraction of sp³-hybridized carbons (Fsp3) is 0.417. The van der Waals surface area contributed by atoms with Crippen LogP contribution in [-0.2, 0) is 16.2 Å². The first-order chi connectivity index (χ1) is 9.63. The lowest BCUT2D eigenvalue weighted by Crippen LogP contribution is -2.39. The fourth-order valence-corrected chi connectivity index (χ4v) is 4.01. The van der Waals surface area contributed by atoms with Gasteiger partial charge >= 0.3 is 6.18 Å². The number of hydrogen-bond donors (Lipinski definition) is 1. The smallest absolute Gasteiger partial charge is 0.389 e. The third-order valence-electron chi connectivity index (χ3n) is 3.21. The predicted molar refractivity (Wildman–Crippen MR) is 77.7 cm³/mol. The number of thiocarbonyl (C=S) groups is 1. The van der Waals surface area contributed by atoms with Crippen LogP contribution < -0.4 is 10.0 Å². The Morgan fingerprint density at radius 3 is 2.48 bits per heavy atom. The molecule has 0 aliphatic carbocycles. The molecule has 116 valence electrons. The first-order valence-electron chi connectivity index (χ1n) is 6.14. The molecule has 1 aliphatic rings. The fourth-order valence-electron chi connectivity index (χ4n) is 2.19. The molecule has 4 nitrogen and oxygen atoms in total. The molecule has 21 heavy (non-hydrogen) atoms. The molecule has 1 aromatic carbocycles. The van der Waals surface area contributed by atoms with Crippen molar-refractivity contribution in [2.45, 2.75) is 19.0 Å². The minimum Gasteiger partial charge on any atom is -0.389 e. The Kier molecular flexibility index (Phi) is 4.16. The molecule has 2 rings (SSSR count). The quantitative estimate of drug-likeness (QED) is 0.840. The van der Waals surface area contributed by atoms with E-state index in [0.717, 1.165) is 22.5 Å². The minimum atomic E-state index is -4.54. The Labute approximate surface area is 125 Å². The molecule has 0 amide bonds. The normalized spacial score (nSPS) is 18.5. The second-order valence-corrected chi connectivity index (χ2v) is 7.14. The number of anilines is 1. The van der Waals surface area contributed by atoms with E-state index < -0.39 is 21.8 Å². The van der Waals surface area contributed by atoms with Crippen LogP contribution in [0.25, 0.3) is 0 Å². The molecule has 0 unspecified atom stereocenters. The van der Waals surface area contributed by atoms with Crippen LogP contribution in [0.3, 0.4) is 0 Å². The van der Waals surface area contributed by atoms with Gasteiger partial charge in [-0.05, 0) is 31.0 Å². The van der Waals surface area contributed by atoms with Gasteiger partial charge in [0.05, 0.1) is 17.0 Å². The molecular weight excluding hydrogens is 325 g/mol. The van der Waals surface area contributed by atoms with Gasteiger partial charge in [0.25, 0.3) is 0 Å². The van der Waals surface area contributed by atoms with Crippen molar-refractivity contribution in [1.82, 2.24) is 0 Å². The van der Waals surface area contributed by atoms with Gasteiger partial charge in [-0.1, -0.05) is 12.2 Å². The third-order valence-corrected chi connectivity index (χ3v) is 5.28. The van der Waals surface area contributed by atoms with Crippen molar-refractivity contribution in [2.75, 3.05) is 16.6 Å². The van der Waals surface area contributed by atoms with Crippen LogP contribution in [0.2, 0.25) is 0 Å².